The molecule has 0 heterocycles. The molecule has 0 spiro atoms. The van der Waals surface area contributed by atoms with Crippen molar-refractivity contribution in [2.45, 2.75) is 20.8 Å². The summed E-state index contributed by atoms with van der Waals surface area (Å²) in [5.74, 6) is 0.622. The molecule has 4 heteroatoms. The third kappa shape index (κ3) is 7.55. The van der Waals surface area contributed by atoms with E-state index in [2.05, 4.69) is 30.0 Å². The predicted octanol–water partition coefficient (Wildman–Crippen LogP) is 0.631. The Morgan fingerprint density at radius 2 is 2.09 bits per heavy atom. The van der Waals surface area contributed by atoms with Crippen LogP contribution in [0.25, 0.3) is 0 Å². The predicted molar refractivity (Wildman–Crippen MR) is 52.3 cm³/mol. The molecular weight excluding hydrogens is 158 g/mol. The van der Waals surface area contributed by atoms with E-state index >= 15 is 0 Å². The van der Waals surface area contributed by atoms with Gasteiger partial charge < -0.3 is 5.32 Å². The number of hydrogen-bond acceptors (Lipinski definition) is 2. The van der Waals surface area contributed by atoms with Gasteiger partial charge in [-0.1, -0.05) is 20.8 Å². The summed E-state index contributed by atoms with van der Waals surface area (Å²) in [6.07, 6.45) is 0. The molecule has 0 saturated carbocycles. The van der Waals surface area contributed by atoms with Crippen molar-refractivity contribution in [1.29, 1.82) is 0 Å². The molecule has 0 radical (unpaired) electrons. The third-order valence-electron chi connectivity index (χ3n) is 1.05. The lowest BCUT2D eigenvalue weighted by Crippen LogP contribution is -2.44. The summed E-state index contributed by atoms with van der Waals surface area (Å²) >= 11 is 4.95. The van der Waals surface area contributed by atoms with Gasteiger partial charge in [0.25, 0.3) is 0 Å². The van der Waals surface area contributed by atoms with Crippen molar-refractivity contribution in [2.24, 2.45) is 5.92 Å². The van der Waals surface area contributed by atoms with E-state index in [1.807, 2.05) is 6.92 Å². The average Bonchev–Trinajstić information content (AvgIpc) is 1.97. The maximum atomic E-state index is 4.95. The van der Waals surface area contributed by atoms with Crippen LogP contribution in [0.3, 0.4) is 0 Å². The second-order valence-electron chi connectivity index (χ2n) is 2.76. The van der Waals surface area contributed by atoms with Gasteiger partial charge in [0, 0.05) is 13.1 Å². The average molecular weight is 175 g/mol. The van der Waals surface area contributed by atoms with Crippen LogP contribution in [0.2, 0.25) is 0 Å². The highest BCUT2D eigenvalue weighted by atomic mass is 32.1. The van der Waals surface area contributed by atoms with Gasteiger partial charge in [-0.2, -0.15) is 0 Å². The van der Waals surface area contributed by atoms with Gasteiger partial charge in [-0.25, -0.2) is 5.43 Å². The molecule has 11 heavy (non-hydrogen) atoms. The fourth-order valence-corrected chi connectivity index (χ4v) is 0.665. The van der Waals surface area contributed by atoms with E-state index in [4.69, 9.17) is 12.2 Å². The summed E-state index contributed by atoms with van der Waals surface area (Å²) in [5.41, 5.74) is 5.78. The molecule has 3 nitrogen and oxygen atoms in total. The van der Waals surface area contributed by atoms with Gasteiger partial charge >= 0.3 is 0 Å². The molecule has 0 unspecified atom stereocenters. The summed E-state index contributed by atoms with van der Waals surface area (Å²) < 4.78 is 0. The van der Waals surface area contributed by atoms with Crippen LogP contribution >= 0.6 is 12.2 Å². The molecule has 0 saturated heterocycles. The van der Waals surface area contributed by atoms with Crippen LogP contribution in [-0.4, -0.2) is 18.2 Å². The number of hydrazine groups is 1. The summed E-state index contributed by atoms with van der Waals surface area (Å²) in [4.78, 5) is 0. The second kappa shape index (κ2) is 6.37. The van der Waals surface area contributed by atoms with Crippen molar-refractivity contribution in [3.8, 4) is 0 Å². The Kier molecular flexibility index (Phi) is 6.16. The van der Waals surface area contributed by atoms with Crippen molar-refractivity contribution in [2.75, 3.05) is 13.1 Å². The lowest BCUT2D eigenvalue weighted by Gasteiger charge is -2.11. The first-order valence-electron chi connectivity index (χ1n) is 3.93. The first-order valence-corrected chi connectivity index (χ1v) is 4.34. The van der Waals surface area contributed by atoms with Crippen LogP contribution in [-0.2, 0) is 0 Å². The Bertz CT molecular complexity index is 114. The third-order valence-corrected chi connectivity index (χ3v) is 1.30. The Balaban J connectivity index is 3.23. The van der Waals surface area contributed by atoms with Gasteiger partial charge in [0.1, 0.15) is 0 Å². The van der Waals surface area contributed by atoms with Gasteiger partial charge in [0.05, 0.1) is 0 Å². The molecule has 0 rings (SSSR count). The highest BCUT2D eigenvalue weighted by molar-refractivity contribution is 7.80. The van der Waals surface area contributed by atoms with Crippen molar-refractivity contribution in [3.05, 3.63) is 0 Å². The Morgan fingerprint density at radius 1 is 1.45 bits per heavy atom. The molecule has 0 bridgehead atoms. The Hall–Kier alpha value is -0.350. The number of hydrogen-bond donors (Lipinski definition) is 3. The number of rotatable bonds is 4. The van der Waals surface area contributed by atoms with Crippen molar-refractivity contribution in [1.82, 2.24) is 16.2 Å². The van der Waals surface area contributed by atoms with Gasteiger partial charge in [-0.3, -0.25) is 5.43 Å². The van der Waals surface area contributed by atoms with E-state index in [1.165, 1.54) is 0 Å². The lowest BCUT2D eigenvalue weighted by molar-refractivity contribution is 0.604. The van der Waals surface area contributed by atoms with E-state index in [0.29, 0.717) is 11.0 Å². The minimum absolute atomic E-state index is 0.622. The SMILES string of the molecule is CCNNC(=S)NCC(C)C. The number of nitrogens with one attached hydrogen (secondary N) is 3. The fraction of sp³-hybridized carbons (Fsp3) is 0.857. The molecule has 3 N–H and O–H groups in total. The van der Waals surface area contributed by atoms with E-state index in [9.17, 15) is 0 Å². The van der Waals surface area contributed by atoms with Crippen LogP contribution in [0.1, 0.15) is 20.8 Å². The molecule has 0 aromatic heterocycles. The molecule has 0 aliphatic heterocycles. The summed E-state index contributed by atoms with van der Waals surface area (Å²) in [6, 6.07) is 0. The lowest BCUT2D eigenvalue weighted by atomic mass is 10.2. The van der Waals surface area contributed by atoms with E-state index in [-0.39, 0.29) is 0 Å². The minimum atomic E-state index is 0.622. The van der Waals surface area contributed by atoms with Crippen molar-refractivity contribution in [3.63, 3.8) is 0 Å². The van der Waals surface area contributed by atoms with Crippen molar-refractivity contribution < 1.29 is 0 Å². The van der Waals surface area contributed by atoms with E-state index in [1.54, 1.807) is 0 Å². The zero-order valence-electron chi connectivity index (χ0n) is 7.40. The first-order chi connectivity index (χ1) is 5.16. The molecular formula is C7H17N3S. The van der Waals surface area contributed by atoms with Gasteiger partial charge in [-0.15, -0.1) is 0 Å². The van der Waals surface area contributed by atoms with Gasteiger partial charge in [-0.05, 0) is 18.1 Å². The summed E-state index contributed by atoms with van der Waals surface area (Å²) in [6.45, 7) is 8.07. The molecule has 0 aromatic carbocycles. The molecule has 0 aromatic rings. The highest BCUT2D eigenvalue weighted by Gasteiger charge is 1.94. The Morgan fingerprint density at radius 3 is 2.55 bits per heavy atom. The normalized spacial score (nSPS) is 9.82. The van der Waals surface area contributed by atoms with Gasteiger partial charge in [0.2, 0.25) is 0 Å². The number of thiocarbonyl (C=S) groups is 1. The zero-order chi connectivity index (χ0) is 8.69. The molecule has 0 aliphatic carbocycles. The maximum Gasteiger partial charge on any atom is 0.180 e. The standard InChI is InChI=1S/C7H17N3S/c1-4-9-10-7(11)8-5-6(2)3/h6,9H,4-5H2,1-3H3,(H2,8,10,11). The smallest absolute Gasteiger partial charge is 0.180 e. The highest BCUT2D eigenvalue weighted by Crippen LogP contribution is 1.85. The van der Waals surface area contributed by atoms with Crippen LogP contribution in [0.15, 0.2) is 0 Å². The van der Waals surface area contributed by atoms with Crippen LogP contribution in [0.4, 0.5) is 0 Å². The minimum Gasteiger partial charge on any atom is -0.361 e. The largest absolute Gasteiger partial charge is 0.361 e. The summed E-state index contributed by atoms with van der Waals surface area (Å²) in [5, 5.41) is 3.74. The van der Waals surface area contributed by atoms with Crippen LogP contribution in [0.5, 0.6) is 0 Å². The first kappa shape index (κ1) is 10.7. The van der Waals surface area contributed by atoms with E-state index in [0.717, 1.165) is 13.1 Å². The maximum absolute atomic E-state index is 4.95. The fourth-order valence-electron chi connectivity index (χ4n) is 0.510. The topological polar surface area (TPSA) is 36.1 Å². The zero-order valence-corrected chi connectivity index (χ0v) is 8.22. The quantitative estimate of drug-likeness (QED) is 0.433. The molecule has 0 atom stereocenters. The molecule has 0 fully saturated rings. The Labute approximate surface area is 73.9 Å². The second-order valence-corrected chi connectivity index (χ2v) is 3.17. The van der Waals surface area contributed by atoms with Crippen LogP contribution < -0.4 is 16.2 Å². The molecule has 0 amide bonds. The summed E-state index contributed by atoms with van der Waals surface area (Å²) in [7, 11) is 0. The van der Waals surface area contributed by atoms with Crippen molar-refractivity contribution >= 4 is 17.3 Å². The van der Waals surface area contributed by atoms with E-state index < -0.39 is 0 Å². The molecule has 0 aliphatic rings. The molecule has 66 valence electrons. The van der Waals surface area contributed by atoms with Crippen LogP contribution in [0, 0.1) is 5.92 Å². The van der Waals surface area contributed by atoms with Gasteiger partial charge in [0.15, 0.2) is 5.11 Å². The monoisotopic (exact) mass is 175 g/mol.